The highest BCUT2D eigenvalue weighted by molar-refractivity contribution is 7.05. The summed E-state index contributed by atoms with van der Waals surface area (Å²) in [6.07, 6.45) is -2.49. The predicted octanol–water partition coefficient (Wildman–Crippen LogP) is 7.19. The van der Waals surface area contributed by atoms with E-state index in [4.69, 9.17) is 4.98 Å². The van der Waals surface area contributed by atoms with Crippen molar-refractivity contribution >= 4 is 40.0 Å². The second kappa shape index (κ2) is 7.03. The van der Waals surface area contributed by atoms with Crippen LogP contribution in [0.25, 0.3) is 43.9 Å². The van der Waals surface area contributed by atoms with Crippen LogP contribution in [-0.2, 0) is 6.18 Å². The predicted molar refractivity (Wildman–Crippen MR) is 137 cm³/mol. The summed E-state index contributed by atoms with van der Waals surface area (Å²) in [5.74, 6) is 0. The maximum atomic E-state index is 13.5. The number of fused-ring (bicyclic) bond motifs is 7. The normalized spacial score (nSPS) is 14.4. The van der Waals surface area contributed by atoms with Gasteiger partial charge in [0.2, 0.25) is 0 Å². The van der Waals surface area contributed by atoms with Crippen LogP contribution in [-0.4, -0.2) is 13.1 Å². The number of halogens is 3. The standard InChI is InChI=1S/C29H22F3NSi/c1-17-5-4-6-18(15-17)27-23-10-12-24-20(21(23)13-14-33-27)9-11-25-22-8-7-19(29(30,31)32)16-26(22)34(2,3)28(24)25/h4-16H,1-3H3. The number of aryl methyl sites for hydroxylation is 1. The van der Waals surface area contributed by atoms with Gasteiger partial charge in [0, 0.05) is 17.1 Å². The Morgan fingerprint density at radius 2 is 1.44 bits per heavy atom. The molecule has 5 aromatic rings. The molecule has 0 fully saturated rings. The molecule has 4 aromatic carbocycles. The summed E-state index contributed by atoms with van der Waals surface area (Å²) in [6.45, 7) is 6.39. The Morgan fingerprint density at radius 3 is 2.21 bits per heavy atom. The highest BCUT2D eigenvalue weighted by Gasteiger charge is 2.41. The number of benzene rings is 4. The van der Waals surface area contributed by atoms with E-state index in [1.54, 1.807) is 6.07 Å². The Morgan fingerprint density at radius 1 is 0.735 bits per heavy atom. The minimum atomic E-state index is -4.34. The molecule has 0 aliphatic carbocycles. The van der Waals surface area contributed by atoms with Gasteiger partial charge in [-0.05, 0) is 68.8 Å². The van der Waals surface area contributed by atoms with Crippen LogP contribution in [0.2, 0.25) is 13.1 Å². The maximum Gasteiger partial charge on any atom is 0.416 e. The van der Waals surface area contributed by atoms with Crippen LogP contribution in [0, 0.1) is 6.92 Å². The topological polar surface area (TPSA) is 12.9 Å². The summed E-state index contributed by atoms with van der Waals surface area (Å²) in [4.78, 5) is 4.69. The number of rotatable bonds is 1. The van der Waals surface area contributed by atoms with Crippen molar-refractivity contribution < 1.29 is 13.2 Å². The van der Waals surface area contributed by atoms with Crippen molar-refractivity contribution in [2.45, 2.75) is 26.2 Å². The van der Waals surface area contributed by atoms with E-state index in [0.717, 1.165) is 49.1 Å². The van der Waals surface area contributed by atoms with Crippen molar-refractivity contribution in [3.63, 3.8) is 0 Å². The number of hydrogen-bond donors (Lipinski definition) is 0. The zero-order chi connectivity index (χ0) is 23.8. The summed E-state index contributed by atoms with van der Waals surface area (Å²) in [7, 11) is -2.34. The molecule has 5 heteroatoms. The molecule has 34 heavy (non-hydrogen) atoms. The molecule has 1 nitrogen and oxygen atoms in total. The Bertz CT molecular complexity index is 1630. The molecule has 0 radical (unpaired) electrons. The molecule has 0 N–H and O–H groups in total. The van der Waals surface area contributed by atoms with Gasteiger partial charge in [0.05, 0.1) is 11.3 Å². The van der Waals surface area contributed by atoms with Gasteiger partial charge in [0.25, 0.3) is 0 Å². The van der Waals surface area contributed by atoms with Crippen molar-refractivity contribution in [2.24, 2.45) is 0 Å². The van der Waals surface area contributed by atoms with E-state index >= 15 is 0 Å². The van der Waals surface area contributed by atoms with Gasteiger partial charge >= 0.3 is 6.18 Å². The molecular weight excluding hydrogens is 447 g/mol. The van der Waals surface area contributed by atoms with Crippen LogP contribution in [0.1, 0.15) is 11.1 Å². The molecule has 1 aromatic heterocycles. The summed E-state index contributed by atoms with van der Waals surface area (Å²) in [5, 5.41) is 6.53. The van der Waals surface area contributed by atoms with Gasteiger partial charge in [-0.3, -0.25) is 4.98 Å². The van der Waals surface area contributed by atoms with Crippen molar-refractivity contribution in [2.75, 3.05) is 0 Å². The largest absolute Gasteiger partial charge is 0.416 e. The lowest BCUT2D eigenvalue weighted by Gasteiger charge is -2.22. The van der Waals surface area contributed by atoms with Crippen LogP contribution >= 0.6 is 0 Å². The third kappa shape index (κ3) is 2.96. The van der Waals surface area contributed by atoms with Gasteiger partial charge in [0.1, 0.15) is 8.07 Å². The number of hydrogen-bond acceptors (Lipinski definition) is 1. The second-order valence-corrected chi connectivity index (χ2v) is 13.9. The van der Waals surface area contributed by atoms with Gasteiger partial charge in [-0.25, -0.2) is 0 Å². The molecule has 0 bridgehead atoms. The van der Waals surface area contributed by atoms with Gasteiger partial charge < -0.3 is 0 Å². The lowest BCUT2D eigenvalue weighted by Crippen LogP contribution is -2.49. The van der Waals surface area contributed by atoms with E-state index in [1.807, 2.05) is 18.3 Å². The number of aromatic nitrogens is 1. The van der Waals surface area contributed by atoms with E-state index in [9.17, 15) is 13.2 Å². The first-order chi connectivity index (χ1) is 16.2. The second-order valence-electron chi connectivity index (χ2n) is 9.66. The van der Waals surface area contributed by atoms with Crippen molar-refractivity contribution in [3.05, 3.63) is 90.1 Å². The van der Waals surface area contributed by atoms with Crippen LogP contribution in [0.15, 0.2) is 79.0 Å². The zero-order valence-electron chi connectivity index (χ0n) is 19.1. The Balaban J connectivity index is 1.62. The smallest absolute Gasteiger partial charge is 0.256 e. The van der Waals surface area contributed by atoms with E-state index in [-0.39, 0.29) is 0 Å². The van der Waals surface area contributed by atoms with Crippen LogP contribution in [0.4, 0.5) is 13.2 Å². The minimum Gasteiger partial charge on any atom is -0.256 e. The van der Waals surface area contributed by atoms with E-state index in [0.29, 0.717) is 0 Å². The van der Waals surface area contributed by atoms with E-state index < -0.39 is 19.8 Å². The quantitative estimate of drug-likeness (QED) is 0.187. The molecule has 1 aliphatic rings. The number of pyridine rings is 1. The highest BCUT2D eigenvalue weighted by atomic mass is 28.3. The van der Waals surface area contributed by atoms with Crippen molar-refractivity contribution in [1.82, 2.24) is 4.98 Å². The molecule has 0 unspecified atom stereocenters. The van der Waals surface area contributed by atoms with Crippen LogP contribution in [0.3, 0.4) is 0 Å². The first-order valence-electron chi connectivity index (χ1n) is 11.3. The third-order valence-electron chi connectivity index (χ3n) is 7.17. The van der Waals surface area contributed by atoms with E-state index in [2.05, 4.69) is 62.5 Å². The Hall–Kier alpha value is -3.44. The molecule has 0 spiro atoms. The molecule has 0 atom stereocenters. The third-order valence-corrected chi connectivity index (χ3v) is 10.7. The molecule has 2 heterocycles. The van der Waals surface area contributed by atoms with Crippen molar-refractivity contribution in [1.29, 1.82) is 0 Å². The van der Waals surface area contributed by atoms with Gasteiger partial charge in [-0.2, -0.15) is 13.2 Å². The fourth-order valence-corrected chi connectivity index (χ4v) is 9.06. The van der Waals surface area contributed by atoms with Crippen molar-refractivity contribution in [3.8, 4) is 22.4 Å². The zero-order valence-corrected chi connectivity index (χ0v) is 20.1. The maximum absolute atomic E-state index is 13.5. The summed E-state index contributed by atoms with van der Waals surface area (Å²) in [5.41, 5.74) is 4.64. The fraction of sp³-hybridized carbons (Fsp3) is 0.138. The SMILES string of the molecule is Cc1cccc(-c2nccc3c2ccc2c4c(ccc23)-c2ccc(C(F)(F)F)cc2[Si]4(C)C)c1. The lowest BCUT2D eigenvalue weighted by molar-refractivity contribution is -0.137. The Kier molecular flexibility index (Phi) is 4.37. The summed E-state index contributed by atoms with van der Waals surface area (Å²) >= 11 is 0. The van der Waals surface area contributed by atoms with Crippen LogP contribution in [0.5, 0.6) is 0 Å². The fourth-order valence-electron chi connectivity index (χ4n) is 5.60. The molecular formula is C29H22F3NSi. The Labute approximate surface area is 196 Å². The average Bonchev–Trinajstić information content (AvgIpc) is 3.04. The molecule has 168 valence electrons. The molecule has 1 aliphatic heterocycles. The first kappa shape index (κ1) is 21.1. The molecule has 0 amide bonds. The lowest BCUT2D eigenvalue weighted by atomic mass is 9.95. The summed E-state index contributed by atoms with van der Waals surface area (Å²) in [6, 6.07) is 23.1. The summed E-state index contributed by atoms with van der Waals surface area (Å²) < 4.78 is 40.4. The molecule has 0 saturated carbocycles. The highest BCUT2D eigenvalue weighted by Crippen LogP contribution is 2.38. The average molecular weight is 470 g/mol. The van der Waals surface area contributed by atoms with Crippen LogP contribution < -0.4 is 10.4 Å². The monoisotopic (exact) mass is 469 g/mol. The number of alkyl halides is 3. The molecule has 6 rings (SSSR count). The van der Waals surface area contributed by atoms with E-state index in [1.165, 1.54) is 22.9 Å². The number of nitrogens with zero attached hydrogens (tertiary/aromatic N) is 1. The minimum absolute atomic E-state index is 0.566. The van der Waals surface area contributed by atoms with Gasteiger partial charge in [-0.1, -0.05) is 67.2 Å². The molecule has 0 saturated heterocycles. The van der Waals surface area contributed by atoms with Gasteiger partial charge in [0.15, 0.2) is 0 Å². The first-order valence-corrected chi connectivity index (χ1v) is 14.3. The van der Waals surface area contributed by atoms with Gasteiger partial charge in [-0.15, -0.1) is 0 Å².